The van der Waals surface area contributed by atoms with Crippen LogP contribution in [-0.4, -0.2) is 23.2 Å². The number of anilines is 1. The molecule has 0 aromatic heterocycles. The summed E-state index contributed by atoms with van der Waals surface area (Å²) in [6.45, 7) is 0. The Kier molecular flexibility index (Phi) is 3.95. The van der Waals surface area contributed by atoms with Crippen molar-refractivity contribution >= 4 is 11.6 Å². The number of phenols is 2. The lowest BCUT2D eigenvalue weighted by Crippen LogP contribution is -2.12. The number of carbonyl (C=O) groups is 1. The average Bonchev–Trinajstić information content (AvgIpc) is 2.46. The highest BCUT2D eigenvalue weighted by molar-refractivity contribution is 6.05. The first kappa shape index (κ1) is 14.2. The highest BCUT2D eigenvalue weighted by Gasteiger charge is 2.12. The van der Waals surface area contributed by atoms with Crippen molar-refractivity contribution < 1.29 is 19.7 Å². The molecule has 6 heteroatoms. The van der Waals surface area contributed by atoms with Crippen molar-refractivity contribution in [2.24, 2.45) is 0 Å². The molecular weight excluding hydrogens is 272 g/mol. The minimum atomic E-state index is -0.524. The van der Waals surface area contributed by atoms with Gasteiger partial charge in [0.1, 0.15) is 17.2 Å². The third kappa shape index (κ3) is 3.22. The Morgan fingerprint density at radius 2 is 1.86 bits per heavy atom. The van der Waals surface area contributed by atoms with E-state index in [2.05, 4.69) is 5.32 Å². The monoisotopic (exact) mass is 284 g/mol. The molecule has 0 aliphatic heterocycles. The van der Waals surface area contributed by atoms with Gasteiger partial charge in [0.15, 0.2) is 0 Å². The van der Waals surface area contributed by atoms with Crippen LogP contribution in [0.15, 0.2) is 36.4 Å². The lowest BCUT2D eigenvalue weighted by atomic mass is 10.1. The van der Waals surface area contributed by atoms with Crippen molar-refractivity contribution in [1.29, 1.82) is 5.26 Å². The summed E-state index contributed by atoms with van der Waals surface area (Å²) in [6.07, 6.45) is 0. The first-order valence-electron chi connectivity index (χ1n) is 5.96. The maximum atomic E-state index is 12.1. The van der Waals surface area contributed by atoms with Crippen molar-refractivity contribution in [2.75, 3.05) is 12.4 Å². The number of nitrogens with one attached hydrogen (secondary N) is 1. The van der Waals surface area contributed by atoms with Gasteiger partial charge in [-0.3, -0.25) is 4.79 Å². The van der Waals surface area contributed by atoms with Gasteiger partial charge in [0, 0.05) is 17.7 Å². The largest absolute Gasteiger partial charge is 0.508 e. The summed E-state index contributed by atoms with van der Waals surface area (Å²) in [5.41, 5.74) is 0.878. The summed E-state index contributed by atoms with van der Waals surface area (Å²) >= 11 is 0. The standard InChI is InChI=1S/C15H12N2O4/c1-21-14-4-9(8-16)2-3-13(14)17-15(20)10-5-11(18)7-12(19)6-10/h2-7,18-19H,1H3,(H,17,20). The molecule has 2 rings (SSSR count). The second-order valence-corrected chi connectivity index (χ2v) is 4.22. The molecule has 0 saturated heterocycles. The molecular formula is C15H12N2O4. The van der Waals surface area contributed by atoms with E-state index in [1.165, 1.54) is 37.4 Å². The summed E-state index contributed by atoms with van der Waals surface area (Å²) in [4.78, 5) is 12.1. The minimum Gasteiger partial charge on any atom is -0.508 e. The number of aromatic hydroxyl groups is 2. The number of phenolic OH excluding ortho intramolecular Hbond substituents is 2. The quantitative estimate of drug-likeness (QED) is 0.802. The molecule has 0 saturated carbocycles. The van der Waals surface area contributed by atoms with Gasteiger partial charge in [-0.15, -0.1) is 0 Å². The van der Waals surface area contributed by atoms with Gasteiger partial charge in [-0.25, -0.2) is 0 Å². The number of nitriles is 1. The Morgan fingerprint density at radius 3 is 2.43 bits per heavy atom. The zero-order chi connectivity index (χ0) is 15.4. The number of ether oxygens (including phenoxy) is 1. The normalized spacial score (nSPS) is 9.71. The molecule has 3 N–H and O–H groups in total. The summed E-state index contributed by atoms with van der Waals surface area (Å²) in [7, 11) is 1.42. The minimum absolute atomic E-state index is 0.0962. The maximum absolute atomic E-state index is 12.1. The molecule has 0 atom stereocenters. The van der Waals surface area contributed by atoms with E-state index < -0.39 is 5.91 Å². The van der Waals surface area contributed by atoms with Crippen molar-refractivity contribution in [2.45, 2.75) is 0 Å². The molecule has 2 aromatic carbocycles. The zero-order valence-electron chi connectivity index (χ0n) is 11.1. The van der Waals surface area contributed by atoms with Crippen molar-refractivity contribution in [3.63, 3.8) is 0 Å². The lowest BCUT2D eigenvalue weighted by molar-refractivity contribution is 0.102. The third-order valence-corrected chi connectivity index (χ3v) is 2.74. The van der Waals surface area contributed by atoms with E-state index >= 15 is 0 Å². The van der Waals surface area contributed by atoms with Crippen LogP contribution < -0.4 is 10.1 Å². The number of amides is 1. The maximum Gasteiger partial charge on any atom is 0.256 e. The van der Waals surface area contributed by atoms with Gasteiger partial charge >= 0.3 is 0 Å². The van der Waals surface area contributed by atoms with E-state index in [4.69, 9.17) is 10.00 Å². The number of nitrogens with zero attached hydrogens (tertiary/aromatic N) is 1. The van der Waals surface area contributed by atoms with Gasteiger partial charge in [-0.05, 0) is 24.3 Å². The predicted octanol–water partition coefficient (Wildman–Crippen LogP) is 2.23. The van der Waals surface area contributed by atoms with E-state index in [0.717, 1.165) is 6.07 Å². The third-order valence-electron chi connectivity index (χ3n) is 2.74. The van der Waals surface area contributed by atoms with E-state index in [1.54, 1.807) is 0 Å². The molecule has 0 bridgehead atoms. The number of hydrogen-bond acceptors (Lipinski definition) is 5. The van der Waals surface area contributed by atoms with Crippen LogP contribution >= 0.6 is 0 Å². The first-order valence-corrected chi connectivity index (χ1v) is 5.96. The van der Waals surface area contributed by atoms with Crippen LogP contribution in [0.25, 0.3) is 0 Å². The molecule has 21 heavy (non-hydrogen) atoms. The Hall–Kier alpha value is -3.20. The van der Waals surface area contributed by atoms with Gasteiger partial charge < -0.3 is 20.3 Å². The highest BCUT2D eigenvalue weighted by Crippen LogP contribution is 2.27. The molecule has 0 spiro atoms. The second-order valence-electron chi connectivity index (χ2n) is 4.22. The molecule has 1 amide bonds. The molecule has 0 aliphatic carbocycles. The van der Waals surface area contributed by atoms with Crippen molar-refractivity contribution in [1.82, 2.24) is 0 Å². The molecule has 0 unspecified atom stereocenters. The smallest absolute Gasteiger partial charge is 0.256 e. The summed E-state index contributed by atoms with van der Waals surface area (Å²) in [5, 5.41) is 30.2. The van der Waals surface area contributed by atoms with Gasteiger partial charge in [0.25, 0.3) is 5.91 Å². The Morgan fingerprint density at radius 1 is 1.19 bits per heavy atom. The van der Waals surface area contributed by atoms with Crippen LogP contribution in [0.1, 0.15) is 15.9 Å². The van der Waals surface area contributed by atoms with Crippen LogP contribution in [0.4, 0.5) is 5.69 Å². The van der Waals surface area contributed by atoms with Crippen LogP contribution in [0.3, 0.4) is 0 Å². The Balaban J connectivity index is 2.29. The highest BCUT2D eigenvalue weighted by atomic mass is 16.5. The van der Waals surface area contributed by atoms with Gasteiger partial charge in [-0.1, -0.05) is 0 Å². The van der Waals surface area contributed by atoms with Gasteiger partial charge in [0.2, 0.25) is 0 Å². The topological polar surface area (TPSA) is 103 Å². The predicted molar refractivity (Wildman–Crippen MR) is 75.4 cm³/mol. The molecule has 0 heterocycles. The molecule has 2 aromatic rings. The number of benzene rings is 2. The second kappa shape index (κ2) is 5.84. The zero-order valence-corrected chi connectivity index (χ0v) is 11.1. The summed E-state index contributed by atoms with van der Waals surface area (Å²) in [6, 6.07) is 10.1. The number of methoxy groups -OCH3 is 1. The fourth-order valence-corrected chi connectivity index (χ4v) is 1.78. The van der Waals surface area contributed by atoms with Crippen molar-refractivity contribution in [3.05, 3.63) is 47.5 Å². The van der Waals surface area contributed by atoms with Crippen LogP contribution in [0.2, 0.25) is 0 Å². The number of hydrogen-bond donors (Lipinski definition) is 3. The van der Waals surface area contributed by atoms with Crippen LogP contribution in [-0.2, 0) is 0 Å². The van der Waals surface area contributed by atoms with Crippen molar-refractivity contribution in [3.8, 4) is 23.3 Å². The molecule has 6 nitrogen and oxygen atoms in total. The number of carbonyl (C=O) groups excluding carboxylic acids is 1. The van der Waals surface area contributed by atoms with E-state index in [-0.39, 0.29) is 17.1 Å². The summed E-state index contributed by atoms with van der Waals surface area (Å²) < 4.78 is 5.11. The lowest BCUT2D eigenvalue weighted by Gasteiger charge is -2.10. The average molecular weight is 284 g/mol. The Labute approximate surface area is 120 Å². The van der Waals surface area contributed by atoms with E-state index in [9.17, 15) is 15.0 Å². The Bertz CT molecular complexity index is 715. The SMILES string of the molecule is COc1cc(C#N)ccc1NC(=O)c1cc(O)cc(O)c1. The van der Waals surface area contributed by atoms with Gasteiger partial charge in [0.05, 0.1) is 24.4 Å². The molecule has 0 fully saturated rings. The van der Waals surface area contributed by atoms with Gasteiger partial charge in [-0.2, -0.15) is 5.26 Å². The fourth-order valence-electron chi connectivity index (χ4n) is 1.78. The molecule has 106 valence electrons. The molecule has 0 aliphatic rings. The van der Waals surface area contributed by atoms with Crippen LogP contribution in [0, 0.1) is 11.3 Å². The first-order chi connectivity index (χ1) is 10.0. The van der Waals surface area contributed by atoms with E-state index in [0.29, 0.717) is 17.0 Å². The molecule has 0 radical (unpaired) electrons. The van der Waals surface area contributed by atoms with Crippen LogP contribution in [0.5, 0.6) is 17.2 Å². The fraction of sp³-hybridized carbons (Fsp3) is 0.0667. The number of rotatable bonds is 3. The summed E-state index contributed by atoms with van der Waals surface area (Å²) in [5.74, 6) is -0.616. The van der Waals surface area contributed by atoms with E-state index in [1.807, 2.05) is 6.07 Å².